The van der Waals surface area contributed by atoms with Crippen molar-refractivity contribution in [3.8, 4) is 0 Å². The molecule has 0 radical (unpaired) electrons. The second-order valence-electron chi connectivity index (χ2n) is 4.14. The van der Waals surface area contributed by atoms with Gasteiger partial charge in [0.2, 0.25) is 0 Å². The minimum atomic E-state index is -4.43. The minimum Gasteiger partial charge on any atom is -0.398 e. The maximum Gasteiger partial charge on any atom is 0.416 e. The standard InChI is InChI=1S/C14H9ClF3NO/c15-10-5-6-12(19)11(7-10)13(20)8-1-3-9(4-2-8)14(16,17)18/h1-7H,19H2. The molecule has 0 unspecified atom stereocenters. The van der Waals surface area contributed by atoms with Gasteiger partial charge in [0.05, 0.1) is 5.56 Å². The predicted molar refractivity (Wildman–Crippen MR) is 70.7 cm³/mol. The van der Waals surface area contributed by atoms with Crippen molar-refractivity contribution in [3.63, 3.8) is 0 Å². The molecule has 0 aromatic heterocycles. The number of alkyl halides is 3. The van der Waals surface area contributed by atoms with E-state index in [9.17, 15) is 18.0 Å². The lowest BCUT2D eigenvalue weighted by atomic mass is 10.0. The molecule has 0 saturated heterocycles. The molecular weight excluding hydrogens is 291 g/mol. The highest BCUT2D eigenvalue weighted by Gasteiger charge is 2.30. The summed E-state index contributed by atoms with van der Waals surface area (Å²) in [4.78, 5) is 12.2. The van der Waals surface area contributed by atoms with Crippen LogP contribution in [-0.2, 0) is 6.18 Å². The fourth-order valence-electron chi connectivity index (χ4n) is 1.69. The first-order valence-corrected chi connectivity index (χ1v) is 5.94. The molecule has 104 valence electrons. The van der Waals surface area contributed by atoms with Crippen LogP contribution in [-0.4, -0.2) is 5.78 Å². The molecule has 2 aromatic carbocycles. The Morgan fingerprint density at radius 3 is 2.20 bits per heavy atom. The summed E-state index contributed by atoms with van der Waals surface area (Å²) in [5, 5.41) is 0.328. The molecule has 0 saturated carbocycles. The fraction of sp³-hybridized carbons (Fsp3) is 0.0714. The summed E-state index contributed by atoms with van der Waals surface area (Å²) >= 11 is 5.78. The number of carbonyl (C=O) groups excluding carboxylic acids is 1. The molecule has 0 amide bonds. The SMILES string of the molecule is Nc1ccc(Cl)cc1C(=O)c1ccc(C(F)(F)F)cc1. The summed E-state index contributed by atoms with van der Waals surface area (Å²) in [5.74, 6) is -0.473. The van der Waals surface area contributed by atoms with Gasteiger partial charge in [0, 0.05) is 21.8 Å². The van der Waals surface area contributed by atoms with Gasteiger partial charge in [-0.2, -0.15) is 13.2 Å². The van der Waals surface area contributed by atoms with Crippen molar-refractivity contribution in [2.75, 3.05) is 5.73 Å². The summed E-state index contributed by atoms with van der Waals surface area (Å²) in [7, 11) is 0. The third-order valence-corrected chi connectivity index (χ3v) is 2.97. The first-order chi connectivity index (χ1) is 9.29. The van der Waals surface area contributed by atoms with Crippen LogP contribution in [0.3, 0.4) is 0 Å². The summed E-state index contributed by atoms with van der Waals surface area (Å²) in [6.45, 7) is 0. The highest BCUT2D eigenvalue weighted by atomic mass is 35.5. The van der Waals surface area contributed by atoms with Gasteiger partial charge in [-0.25, -0.2) is 0 Å². The van der Waals surface area contributed by atoms with Gasteiger partial charge in [-0.1, -0.05) is 23.7 Å². The molecule has 20 heavy (non-hydrogen) atoms. The number of nitrogens with two attached hydrogens (primary N) is 1. The van der Waals surface area contributed by atoms with E-state index in [-0.39, 0.29) is 16.8 Å². The van der Waals surface area contributed by atoms with Crippen molar-refractivity contribution in [2.24, 2.45) is 0 Å². The molecule has 0 bridgehead atoms. The van der Waals surface area contributed by atoms with Crippen LogP contribution in [0.4, 0.5) is 18.9 Å². The van der Waals surface area contributed by atoms with Crippen molar-refractivity contribution < 1.29 is 18.0 Å². The van der Waals surface area contributed by atoms with Crippen LogP contribution >= 0.6 is 11.6 Å². The van der Waals surface area contributed by atoms with Crippen molar-refractivity contribution >= 4 is 23.1 Å². The molecule has 0 aliphatic heterocycles. The van der Waals surface area contributed by atoms with Gasteiger partial charge < -0.3 is 5.73 Å². The number of nitrogen functional groups attached to an aromatic ring is 1. The van der Waals surface area contributed by atoms with E-state index in [2.05, 4.69) is 0 Å². The van der Waals surface area contributed by atoms with Gasteiger partial charge in [0.1, 0.15) is 0 Å². The number of ketones is 1. The number of carbonyl (C=O) groups is 1. The third-order valence-electron chi connectivity index (χ3n) is 2.73. The number of anilines is 1. The van der Waals surface area contributed by atoms with Gasteiger partial charge in [-0.05, 0) is 30.3 Å². The highest BCUT2D eigenvalue weighted by Crippen LogP contribution is 2.29. The monoisotopic (exact) mass is 299 g/mol. The lowest BCUT2D eigenvalue weighted by Crippen LogP contribution is -2.08. The maximum absolute atomic E-state index is 12.4. The van der Waals surface area contributed by atoms with Crippen LogP contribution in [0.1, 0.15) is 21.5 Å². The van der Waals surface area contributed by atoms with E-state index in [4.69, 9.17) is 17.3 Å². The molecule has 2 nitrogen and oxygen atoms in total. The normalized spacial score (nSPS) is 11.4. The van der Waals surface area contributed by atoms with Crippen molar-refractivity contribution in [1.29, 1.82) is 0 Å². The van der Waals surface area contributed by atoms with Crippen LogP contribution < -0.4 is 5.73 Å². The first kappa shape index (κ1) is 14.4. The van der Waals surface area contributed by atoms with Crippen LogP contribution in [0, 0.1) is 0 Å². The zero-order chi connectivity index (χ0) is 14.9. The number of benzene rings is 2. The van der Waals surface area contributed by atoms with Crippen molar-refractivity contribution in [3.05, 3.63) is 64.2 Å². The Bertz CT molecular complexity index is 650. The van der Waals surface area contributed by atoms with Crippen LogP contribution in [0.2, 0.25) is 5.02 Å². The highest BCUT2D eigenvalue weighted by molar-refractivity contribution is 6.31. The molecule has 6 heteroatoms. The number of halogens is 4. The van der Waals surface area contributed by atoms with Gasteiger partial charge in [0.15, 0.2) is 5.78 Å². The van der Waals surface area contributed by atoms with Crippen molar-refractivity contribution in [2.45, 2.75) is 6.18 Å². The second-order valence-corrected chi connectivity index (χ2v) is 4.57. The van der Waals surface area contributed by atoms with Crippen LogP contribution in [0.25, 0.3) is 0 Å². The molecule has 0 spiro atoms. The molecule has 2 N–H and O–H groups in total. The molecule has 2 aromatic rings. The van der Waals surface area contributed by atoms with E-state index in [1.54, 1.807) is 0 Å². The molecule has 0 aliphatic carbocycles. The average molecular weight is 300 g/mol. The van der Waals surface area contributed by atoms with E-state index in [1.165, 1.54) is 18.2 Å². The summed E-state index contributed by atoms with van der Waals surface area (Å²) < 4.78 is 37.3. The van der Waals surface area contributed by atoms with E-state index >= 15 is 0 Å². The summed E-state index contributed by atoms with van der Waals surface area (Å²) in [5.41, 5.74) is 5.36. The third kappa shape index (κ3) is 2.93. The Morgan fingerprint density at radius 1 is 1.05 bits per heavy atom. The van der Waals surface area contributed by atoms with Gasteiger partial charge >= 0.3 is 6.18 Å². The molecule has 0 fully saturated rings. The lowest BCUT2D eigenvalue weighted by Gasteiger charge is -2.08. The van der Waals surface area contributed by atoms with Crippen LogP contribution in [0.5, 0.6) is 0 Å². The van der Waals surface area contributed by atoms with E-state index in [0.717, 1.165) is 24.3 Å². The summed E-state index contributed by atoms with van der Waals surface area (Å²) in [6, 6.07) is 8.33. The lowest BCUT2D eigenvalue weighted by molar-refractivity contribution is -0.137. The quantitative estimate of drug-likeness (QED) is 0.668. The van der Waals surface area contributed by atoms with Gasteiger partial charge in [-0.3, -0.25) is 4.79 Å². The van der Waals surface area contributed by atoms with E-state index < -0.39 is 17.5 Å². The number of hydrogen-bond donors (Lipinski definition) is 1. The Kier molecular flexibility index (Phi) is 3.72. The zero-order valence-electron chi connectivity index (χ0n) is 10.0. The maximum atomic E-state index is 12.4. The number of rotatable bonds is 2. The van der Waals surface area contributed by atoms with E-state index in [1.807, 2.05) is 0 Å². The van der Waals surface area contributed by atoms with Crippen molar-refractivity contribution in [1.82, 2.24) is 0 Å². The molecule has 0 heterocycles. The topological polar surface area (TPSA) is 43.1 Å². The smallest absolute Gasteiger partial charge is 0.398 e. The Hall–Kier alpha value is -2.01. The van der Waals surface area contributed by atoms with Gasteiger partial charge in [0.25, 0.3) is 0 Å². The summed E-state index contributed by atoms with van der Waals surface area (Å²) in [6.07, 6.45) is -4.43. The molecule has 0 atom stereocenters. The Labute approximate surface area is 118 Å². The number of hydrogen-bond acceptors (Lipinski definition) is 2. The molecule has 0 aliphatic rings. The predicted octanol–water partition coefficient (Wildman–Crippen LogP) is 4.17. The minimum absolute atomic E-state index is 0.118. The Morgan fingerprint density at radius 2 is 1.65 bits per heavy atom. The van der Waals surface area contributed by atoms with E-state index in [0.29, 0.717) is 5.02 Å². The van der Waals surface area contributed by atoms with Gasteiger partial charge in [-0.15, -0.1) is 0 Å². The second kappa shape index (κ2) is 5.17. The van der Waals surface area contributed by atoms with Crippen LogP contribution in [0.15, 0.2) is 42.5 Å². The molecular formula is C14H9ClF3NO. The zero-order valence-corrected chi connectivity index (χ0v) is 10.8. The Balaban J connectivity index is 2.37. The average Bonchev–Trinajstić information content (AvgIpc) is 2.40. The first-order valence-electron chi connectivity index (χ1n) is 5.56. The largest absolute Gasteiger partial charge is 0.416 e. The molecule has 2 rings (SSSR count). The fourth-order valence-corrected chi connectivity index (χ4v) is 1.86.